The number of anilines is 1. The van der Waals surface area contributed by atoms with E-state index < -0.39 is 32.7 Å². The monoisotopic (exact) mass is 534 g/mol. The summed E-state index contributed by atoms with van der Waals surface area (Å²) in [5.41, 5.74) is -1.88. The minimum Gasteiger partial charge on any atom is -0.507 e. The lowest BCUT2D eigenvalue weighted by Crippen LogP contribution is -2.29. The Kier molecular flexibility index (Phi) is 6.99. The maximum absolute atomic E-state index is 13.3. The Morgan fingerprint density at radius 3 is 2.00 bits per heavy atom. The zero-order valence-electron chi connectivity index (χ0n) is 19.0. The zero-order chi connectivity index (χ0) is 27.6. The van der Waals surface area contributed by atoms with Gasteiger partial charge in [0.05, 0.1) is 15.4 Å². The maximum atomic E-state index is 13.3. The molecule has 0 aliphatic rings. The Bertz CT molecular complexity index is 1660. The molecule has 1 aromatic heterocycles. The molecule has 13 heteroatoms. The molecule has 0 aliphatic carbocycles. The zero-order valence-corrected chi connectivity index (χ0v) is 19.8. The van der Waals surface area contributed by atoms with Gasteiger partial charge in [-0.3, -0.25) is 39.2 Å². The Morgan fingerprint density at radius 1 is 0.842 bits per heavy atom. The molecule has 0 radical (unpaired) electrons. The van der Waals surface area contributed by atoms with Crippen LogP contribution in [0.15, 0.2) is 83.8 Å². The van der Waals surface area contributed by atoms with Crippen LogP contribution in [0.1, 0.15) is 26.3 Å². The minimum atomic E-state index is -0.926. The summed E-state index contributed by atoms with van der Waals surface area (Å²) >= 11 is 5.96. The van der Waals surface area contributed by atoms with Crippen molar-refractivity contribution in [2.45, 2.75) is 0 Å². The van der Waals surface area contributed by atoms with Crippen LogP contribution in [0.4, 0.5) is 17.1 Å². The predicted molar refractivity (Wildman–Crippen MR) is 136 cm³/mol. The van der Waals surface area contributed by atoms with Crippen LogP contribution >= 0.6 is 11.6 Å². The second kappa shape index (κ2) is 10.3. The number of aromatic hydroxyl groups is 1. The smallest absolute Gasteiger partial charge is 0.269 e. The number of phenolic OH excluding ortho intramolecular Hbond substituents is 1. The first kappa shape index (κ1) is 25.7. The number of phenols is 1. The summed E-state index contributed by atoms with van der Waals surface area (Å²) in [7, 11) is 0. The summed E-state index contributed by atoms with van der Waals surface area (Å²) in [6, 6.07) is 14.5. The van der Waals surface area contributed by atoms with Crippen molar-refractivity contribution in [3.05, 3.63) is 131 Å². The molecule has 38 heavy (non-hydrogen) atoms. The molecule has 4 rings (SSSR count). The molecule has 190 valence electrons. The number of nitrogens with one attached hydrogen (secondary N) is 1. The molecule has 12 nitrogen and oxygen atoms in total. The topological polar surface area (TPSA) is 175 Å². The fourth-order valence-electron chi connectivity index (χ4n) is 3.51. The van der Waals surface area contributed by atoms with Crippen LogP contribution in [-0.4, -0.2) is 31.2 Å². The number of aromatic nitrogens is 1. The van der Waals surface area contributed by atoms with Gasteiger partial charge in [0.2, 0.25) is 0 Å². The van der Waals surface area contributed by atoms with Crippen LogP contribution in [0.25, 0.3) is 5.69 Å². The fraction of sp³-hybridized carbons (Fsp3) is 0. The van der Waals surface area contributed by atoms with Gasteiger partial charge in [0.25, 0.3) is 22.8 Å². The molecular formula is C25H15ClN4O8. The van der Waals surface area contributed by atoms with E-state index >= 15 is 0 Å². The maximum Gasteiger partial charge on any atom is 0.269 e. The van der Waals surface area contributed by atoms with Gasteiger partial charge in [0.1, 0.15) is 11.3 Å². The van der Waals surface area contributed by atoms with E-state index in [2.05, 4.69) is 5.32 Å². The SMILES string of the molecule is O=C(c1cc(C(=O)Nc2ccc([N+](=O)[O-])cc2)c(=O)n(-c2ccc([N+](=O)[O-])cc2)c1)c1cc(Cl)ccc1O. The number of halogens is 1. The van der Waals surface area contributed by atoms with Crippen LogP contribution in [0.5, 0.6) is 5.75 Å². The summed E-state index contributed by atoms with van der Waals surface area (Å²) in [4.78, 5) is 60.3. The van der Waals surface area contributed by atoms with Gasteiger partial charge in [-0.15, -0.1) is 0 Å². The highest BCUT2D eigenvalue weighted by Crippen LogP contribution is 2.25. The Morgan fingerprint density at radius 2 is 1.42 bits per heavy atom. The largest absolute Gasteiger partial charge is 0.507 e. The van der Waals surface area contributed by atoms with E-state index in [9.17, 15) is 39.7 Å². The van der Waals surface area contributed by atoms with Gasteiger partial charge < -0.3 is 10.4 Å². The van der Waals surface area contributed by atoms with Gasteiger partial charge >= 0.3 is 0 Å². The molecule has 0 saturated heterocycles. The summed E-state index contributed by atoms with van der Waals surface area (Å²) in [6.07, 6.45) is 1.13. The summed E-state index contributed by atoms with van der Waals surface area (Å²) in [6.45, 7) is 0. The number of rotatable bonds is 7. The fourth-order valence-corrected chi connectivity index (χ4v) is 3.68. The molecule has 0 bridgehead atoms. The van der Waals surface area contributed by atoms with E-state index in [0.29, 0.717) is 0 Å². The van der Waals surface area contributed by atoms with E-state index in [1.807, 2.05) is 0 Å². The highest BCUT2D eigenvalue weighted by molar-refractivity contribution is 6.31. The van der Waals surface area contributed by atoms with Gasteiger partial charge in [-0.2, -0.15) is 0 Å². The van der Waals surface area contributed by atoms with E-state index in [1.54, 1.807) is 0 Å². The Balaban J connectivity index is 1.83. The molecular weight excluding hydrogens is 520 g/mol. The second-order valence-corrected chi connectivity index (χ2v) is 8.28. The van der Waals surface area contributed by atoms with Crippen molar-refractivity contribution in [3.63, 3.8) is 0 Å². The molecule has 0 fully saturated rings. The van der Waals surface area contributed by atoms with Gasteiger partial charge in [-0.25, -0.2) is 0 Å². The predicted octanol–water partition coefficient (Wildman–Crippen LogP) is 4.50. The lowest BCUT2D eigenvalue weighted by molar-refractivity contribution is -0.385. The first-order chi connectivity index (χ1) is 18.0. The number of non-ortho nitro benzene ring substituents is 2. The second-order valence-electron chi connectivity index (χ2n) is 7.84. The van der Waals surface area contributed by atoms with Gasteiger partial charge in [0, 0.05) is 52.4 Å². The number of nitro benzene ring substituents is 2. The van der Waals surface area contributed by atoms with Crippen molar-refractivity contribution in [1.29, 1.82) is 0 Å². The molecule has 2 N–H and O–H groups in total. The lowest BCUT2D eigenvalue weighted by atomic mass is 10.0. The van der Waals surface area contributed by atoms with Crippen molar-refractivity contribution < 1.29 is 24.5 Å². The quantitative estimate of drug-likeness (QED) is 0.198. The Hall–Kier alpha value is -5.36. The molecule has 4 aromatic rings. The number of ketones is 1. The van der Waals surface area contributed by atoms with Crippen molar-refractivity contribution in [2.75, 3.05) is 5.32 Å². The summed E-state index contributed by atoms with van der Waals surface area (Å²) < 4.78 is 0.962. The highest BCUT2D eigenvalue weighted by atomic mass is 35.5. The first-order valence-corrected chi connectivity index (χ1v) is 11.0. The normalized spacial score (nSPS) is 10.6. The van der Waals surface area contributed by atoms with Gasteiger partial charge in [-0.1, -0.05) is 11.6 Å². The number of nitro groups is 2. The highest BCUT2D eigenvalue weighted by Gasteiger charge is 2.22. The molecule has 3 aromatic carbocycles. The number of carbonyl (C=O) groups is 2. The molecule has 0 spiro atoms. The van der Waals surface area contributed by atoms with E-state index in [0.717, 1.165) is 41.1 Å². The third-order valence-corrected chi connectivity index (χ3v) is 5.64. The molecule has 0 atom stereocenters. The van der Waals surface area contributed by atoms with Crippen LogP contribution in [0, 0.1) is 20.2 Å². The van der Waals surface area contributed by atoms with Gasteiger partial charge in [-0.05, 0) is 48.5 Å². The number of hydrogen-bond donors (Lipinski definition) is 2. The number of amides is 1. The number of carbonyl (C=O) groups excluding carboxylic acids is 2. The number of hydrogen-bond acceptors (Lipinski definition) is 8. The molecule has 1 amide bonds. The lowest BCUT2D eigenvalue weighted by Gasteiger charge is -2.13. The van der Waals surface area contributed by atoms with Gasteiger partial charge in [0.15, 0.2) is 5.78 Å². The van der Waals surface area contributed by atoms with Crippen molar-refractivity contribution in [3.8, 4) is 11.4 Å². The van der Waals surface area contributed by atoms with Crippen molar-refractivity contribution in [2.24, 2.45) is 0 Å². The van der Waals surface area contributed by atoms with Crippen LogP contribution in [0.3, 0.4) is 0 Å². The average molecular weight is 535 g/mol. The molecule has 1 heterocycles. The Labute approximate surface area is 217 Å². The number of nitrogens with zero attached hydrogens (tertiary/aromatic N) is 3. The van der Waals surface area contributed by atoms with Crippen LogP contribution in [0.2, 0.25) is 5.02 Å². The van der Waals surface area contributed by atoms with E-state index in [-0.39, 0.29) is 44.6 Å². The summed E-state index contributed by atoms with van der Waals surface area (Å²) in [5.74, 6) is -2.07. The minimum absolute atomic E-state index is 0.120. The standard InChI is InChI=1S/C25H15ClN4O8/c26-15-1-10-22(31)20(12-15)23(32)14-11-21(24(33)27-16-2-4-18(5-3-16)29(35)36)25(34)28(13-14)17-6-8-19(9-7-17)30(37)38/h1-13,31H,(H,27,33). The van der Waals surface area contributed by atoms with E-state index in [4.69, 9.17) is 11.6 Å². The van der Waals surface area contributed by atoms with Crippen LogP contribution in [-0.2, 0) is 0 Å². The number of benzene rings is 3. The van der Waals surface area contributed by atoms with E-state index in [1.165, 1.54) is 42.5 Å². The third-order valence-electron chi connectivity index (χ3n) is 5.40. The first-order valence-electron chi connectivity index (χ1n) is 10.7. The summed E-state index contributed by atoms with van der Waals surface area (Å²) in [5, 5.41) is 34.7. The average Bonchev–Trinajstić information content (AvgIpc) is 2.90. The van der Waals surface area contributed by atoms with Crippen LogP contribution < -0.4 is 10.9 Å². The van der Waals surface area contributed by atoms with Crippen molar-refractivity contribution >= 4 is 40.4 Å². The number of pyridine rings is 1. The third kappa shape index (κ3) is 5.24. The molecule has 0 aliphatic heterocycles. The molecule has 0 unspecified atom stereocenters. The van der Waals surface area contributed by atoms with Crippen molar-refractivity contribution in [1.82, 2.24) is 4.57 Å². The molecule has 0 saturated carbocycles.